The molecule has 1 aromatic carbocycles. The number of carbonyl (C=O) groups excluding carboxylic acids is 1. The number of hydrogen-bond acceptors (Lipinski definition) is 4. The number of aromatic nitrogens is 1. The lowest BCUT2D eigenvalue weighted by Crippen LogP contribution is -2.11. The van der Waals surface area contributed by atoms with Gasteiger partial charge in [0.15, 0.2) is 0 Å². The molecule has 4 nitrogen and oxygen atoms in total. The molecule has 0 saturated heterocycles. The third-order valence-corrected chi connectivity index (χ3v) is 2.31. The number of rotatable bonds is 5. The Morgan fingerprint density at radius 3 is 2.84 bits per heavy atom. The van der Waals surface area contributed by atoms with E-state index in [0.29, 0.717) is 23.7 Å². The molecule has 4 heteroatoms. The van der Waals surface area contributed by atoms with Crippen LogP contribution in [0.1, 0.15) is 10.4 Å². The SMILES string of the molecule is C=CCOc1ccccc1C(=O)Oc1cccnc1. The van der Waals surface area contributed by atoms with E-state index in [2.05, 4.69) is 11.6 Å². The van der Waals surface area contributed by atoms with Gasteiger partial charge in [0.2, 0.25) is 0 Å². The normalized spacial score (nSPS) is 9.68. The van der Waals surface area contributed by atoms with Gasteiger partial charge in [-0.25, -0.2) is 4.79 Å². The molecule has 2 aromatic rings. The predicted molar refractivity (Wildman–Crippen MR) is 71.3 cm³/mol. The Hall–Kier alpha value is -2.62. The smallest absolute Gasteiger partial charge is 0.347 e. The minimum absolute atomic E-state index is 0.331. The van der Waals surface area contributed by atoms with Crippen molar-refractivity contribution in [3.8, 4) is 11.5 Å². The van der Waals surface area contributed by atoms with Gasteiger partial charge in [-0.3, -0.25) is 4.98 Å². The van der Waals surface area contributed by atoms with E-state index in [9.17, 15) is 4.79 Å². The van der Waals surface area contributed by atoms with Gasteiger partial charge >= 0.3 is 5.97 Å². The first kappa shape index (κ1) is 12.8. The molecule has 0 saturated carbocycles. The van der Waals surface area contributed by atoms with Crippen LogP contribution in [-0.4, -0.2) is 17.6 Å². The summed E-state index contributed by atoms with van der Waals surface area (Å²) in [5.41, 5.74) is 0.369. The van der Waals surface area contributed by atoms with Crippen molar-refractivity contribution in [1.82, 2.24) is 4.98 Å². The van der Waals surface area contributed by atoms with Crippen LogP contribution in [0.25, 0.3) is 0 Å². The second-order valence-electron chi connectivity index (χ2n) is 3.67. The molecule has 0 fully saturated rings. The standard InChI is InChI=1S/C15H13NO3/c1-2-10-18-14-8-4-3-7-13(14)15(17)19-12-6-5-9-16-11-12/h2-9,11H,1,10H2. The minimum Gasteiger partial charge on any atom is -0.489 e. The zero-order chi connectivity index (χ0) is 13.5. The van der Waals surface area contributed by atoms with Crippen LogP contribution >= 0.6 is 0 Å². The molecule has 0 atom stereocenters. The Kier molecular flexibility index (Phi) is 4.29. The molecule has 0 aliphatic heterocycles. The summed E-state index contributed by atoms with van der Waals surface area (Å²) in [4.78, 5) is 15.9. The van der Waals surface area contributed by atoms with E-state index in [0.717, 1.165) is 0 Å². The van der Waals surface area contributed by atoms with Gasteiger partial charge in [0, 0.05) is 6.20 Å². The van der Waals surface area contributed by atoms with Gasteiger partial charge in [-0.15, -0.1) is 0 Å². The van der Waals surface area contributed by atoms with E-state index in [1.54, 1.807) is 48.7 Å². The number of hydrogen-bond donors (Lipinski definition) is 0. The van der Waals surface area contributed by atoms with Gasteiger partial charge in [-0.1, -0.05) is 24.8 Å². The lowest BCUT2D eigenvalue weighted by Gasteiger charge is -2.09. The van der Waals surface area contributed by atoms with E-state index in [4.69, 9.17) is 9.47 Å². The predicted octanol–water partition coefficient (Wildman–Crippen LogP) is 2.87. The van der Waals surface area contributed by atoms with Crippen molar-refractivity contribution >= 4 is 5.97 Å². The van der Waals surface area contributed by atoms with Gasteiger partial charge in [-0.05, 0) is 24.3 Å². The van der Waals surface area contributed by atoms with E-state index >= 15 is 0 Å². The Morgan fingerprint density at radius 2 is 2.11 bits per heavy atom. The number of ether oxygens (including phenoxy) is 2. The second kappa shape index (κ2) is 6.35. The zero-order valence-corrected chi connectivity index (χ0v) is 10.3. The summed E-state index contributed by atoms with van der Waals surface area (Å²) in [7, 11) is 0. The first-order valence-corrected chi connectivity index (χ1v) is 5.76. The lowest BCUT2D eigenvalue weighted by molar-refractivity contribution is 0.0730. The van der Waals surface area contributed by atoms with Gasteiger partial charge in [0.1, 0.15) is 23.7 Å². The number of nitrogens with zero attached hydrogens (tertiary/aromatic N) is 1. The van der Waals surface area contributed by atoms with Crippen LogP contribution in [0.5, 0.6) is 11.5 Å². The summed E-state index contributed by atoms with van der Waals surface area (Å²) in [6, 6.07) is 10.3. The molecule has 0 amide bonds. The quantitative estimate of drug-likeness (QED) is 0.609. The third kappa shape index (κ3) is 3.42. The maximum absolute atomic E-state index is 12.0. The summed E-state index contributed by atoms with van der Waals surface area (Å²) in [5, 5.41) is 0. The molecule has 0 bridgehead atoms. The summed E-state index contributed by atoms with van der Waals surface area (Å²) in [6.07, 6.45) is 4.70. The molecule has 0 unspecified atom stereocenters. The first-order valence-electron chi connectivity index (χ1n) is 5.76. The summed E-state index contributed by atoms with van der Waals surface area (Å²) in [6.45, 7) is 3.90. The number of benzene rings is 1. The van der Waals surface area contributed by atoms with E-state index < -0.39 is 5.97 Å². The van der Waals surface area contributed by atoms with Crippen LogP contribution in [0, 0.1) is 0 Å². The van der Waals surface area contributed by atoms with Crippen LogP contribution in [0.3, 0.4) is 0 Å². The number of esters is 1. The van der Waals surface area contributed by atoms with Crippen molar-refractivity contribution in [3.05, 3.63) is 67.0 Å². The first-order chi connectivity index (χ1) is 9.31. The molecule has 0 spiro atoms. The molecular weight excluding hydrogens is 242 g/mol. The average molecular weight is 255 g/mol. The van der Waals surface area contributed by atoms with Crippen LogP contribution in [0.2, 0.25) is 0 Å². The summed E-state index contributed by atoms with van der Waals surface area (Å²) < 4.78 is 10.6. The molecule has 19 heavy (non-hydrogen) atoms. The van der Waals surface area contributed by atoms with E-state index in [1.165, 1.54) is 6.20 Å². The van der Waals surface area contributed by atoms with Crippen LogP contribution < -0.4 is 9.47 Å². The highest BCUT2D eigenvalue weighted by atomic mass is 16.5. The topological polar surface area (TPSA) is 48.4 Å². The van der Waals surface area contributed by atoms with Crippen molar-refractivity contribution in [2.45, 2.75) is 0 Å². The molecule has 1 aromatic heterocycles. The fraction of sp³-hybridized carbons (Fsp3) is 0.0667. The highest BCUT2D eigenvalue weighted by Gasteiger charge is 2.14. The molecule has 96 valence electrons. The van der Waals surface area contributed by atoms with Crippen molar-refractivity contribution in [2.24, 2.45) is 0 Å². The van der Waals surface area contributed by atoms with Gasteiger partial charge in [-0.2, -0.15) is 0 Å². The molecule has 1 heterocycles. The monoisotopic (exact) mass is 255 g/mol. The van der Waals surface area contributed by atoms with Crippen LogP contribution in [0.4, 0.5) is 0 Å². The lowest BCUT2D eigenvalue weighted by atomic mass is 10.2. The molecule has 0 aliphatic rings. The minimum atomic E-state index is -0.479. The zero-order valence-electron chi connectivity index (χ0n) is 10.3. The molecular formula is C15H13NO3. The van der Waals surface area contributed by atoms with E-state index in [1.807, 2.05) is 0 Å². The molecule has 2 rings (SSSR count). The molecule has 0 radical (unpaired) electrons. The average Bonchev–Trinajstić information content (AvgIpc) is 2.46. The fourth-order valence-corrected chi connectivity index (χ4v) is 1.48. The maximum atomic E-state index is 12.0. The Balaban J connectivity index is 2.16. The van der Waals surface area contributed by atoms with Crippen molar-refractivity contribution in [1.29, 1.82) is 0 Å². The number of pyridine rings is 1. The largest absolute Gasteiger partial charge is 0.489 e. The highest BCUT2D eigenvalue weighted by molar-refractivity contribution is 5.93. The number of para-hydroxylation sites is 1. The third-order valence-electron chi connectivity index (χ3n) is 2.31. The maximum Gasteiger partial charge on any atom is 0.347 e. The van der Waals surface area contributed by atoms with Crippen molar-refractivity contribution in [3.63, 3.8) is 0 Å². The summed E-state index contributed by atoms with van der Waals surface area (Å²) >= 11 is 0. The van der Waals surface area contributed by atoms with Crippen molar-refractivity contribution in [2.75, 3.05) is 6.61 Å². The van der Waals surface area contributed by atoms with Gasteiger partial charge < -0.3 is 9.47 Å². The van der Waals surface area contributed by atoms with Gasteiger partial charge in [0.05, 0.1) is 6.20 Å². The van der Waals surface area contributed by atoms with Crippen molar-refractivity contribution < 1.29 is 14.3 Å². The fourth-order valence-electron chi connectivity index (χ4n) is 1.48. The van der Waals surface area contributed by atoms with E-state index in [-0.39, 0.29) is 0 Å². The van der Waals surface area contributed by atoms with Crippen LogP contribution in [-0.2, 0) is 0 Å². The summed E-state index contributed by atoms with van der Waals surface area (Å²) in [5.74, 6) is 0.384. The molecule has 0 aliphatic carbocycles. The Morgan fingerprint density at radius 1 is 1.26 bits per heavy atom. The Bertz CT molecular complexity index is 567. The second-order valence-corrected chi connectivity index (χ2v) is 3.67. The van der Waals surface area contributed by atoms with Gasteiger partial charge in [0.25, 0.3) is 0 Å². The number of carbonyl (C=O) groups is 1. The molecule has 0 N–H and O–H groups in total. The Labute approximate surface area is 111 Å². The highest BCUT2D eigenvalue weighted by Crippen LogP contribution is 2.20. The van der Waals surface area contributed by atoms with Crippen LogP contribution in [0.15, 0.2) is 61.4 Å².